The van der Waals surface area contributed by atoms with E-state index in [-0.39, 0.29) is 17.6 Å². The fraction of sp³-hybridized carbons (Fsp3) is 0.400. The number of carbonyl (C=O) groups is 2. The van der Waals surface area contributed by atoms with Gasteiger partial charge in [-0.3, -0.25) is 9.69 Å². The molecule has 0 atom stereocenters. The SMILES string of the molecule is CNCCCNC(=O)Nc1ccc2c(c1)C(=O)/C(=C/c1cn(CCN3CCN(C)CC3)c3ccc(OC)cc13)O2. The van der Waals surface area contributed by atoms with Crippen LogP contribution in [-0.2, 0) is 6.54 Å². The Morgan fingerprint density at radius 2 is 1.90 bits per heavy atom. The second-order valence-electron chi connectivity index (χ2n) is 10.3. The number of methoxy groups -OCH3 is 1. The number of anilines is 1. The maximum absolute atomic E-state index is 13.3. The third kappa shape index (κ3) is 6.30. The quantitative estimate of drug-likeness (QED) is 0.265. The molecule has 3 aromatic rings. The van der Waals surface area contributed by atoms with Crippen LogP contribution in [-0.4, -0.2) is 93.2 Å². The third-order valence-corrected chi connectivity index (χ3v) is 7.47. The summed E-state index contributed by atoms with van der Waals surface area (Å²) in [6.07, 6.45) is 4.71. The van der Waals surface area contributed by atoms with Gasteiger partial charge in [0.15, 0.2) is 5.76 Å². The van der Waals surface area contributed by atoms with Gasteiger partial charge in [0.1, 0.15) is 11.5 Å². The van der Waals surface area contributed by atoms with Crippen molar-refractivity contribution in [1.29, 1.82) is 0 Å². The minimum absolute atomic E-state index is 0.214. The van der Waals surface area contributed by atoms with E-state index in [1.807, 2.05) is 19.2 Å². The molecule has 2 aromatic carbocycles. The fourth-order valence-corrected chi connectivity index (χ4v) is 5.10. The van der Waals surface area contributed by atoms with Crippen molar-refractivity contribution in [3.05, 3.63) is 59.5 Å². The molecule has 1 aromatic heterocycles. The fourth-order valence-electron chi connectivity index (χ4n) is 5.10. The van der Waals surface area contributed by atoms with Crippen molar-refractivity contribution in [3.63, 3.8) is 0 Å². The van der Waals surface area contributed by atoms with Crippen LogP contribution in [0.2, 0.25) is 0 Å². The Labute approximate surface area is 234 Å². The third-order valence-electron chi connectivity index (χ3n) is 7.47. The molecule has 212 valence electrons. The van der Waals surface area contributed by atoms with E-state index >= 15 is 0 Å². The number of ketones is 1. The minimum Gasteiger partial charge on any atom is -0.497 e. The van der Waals surface area contributed by atoms with Crippen molar-refractivity contribution < 1.29 is 19.1 Å². The van der Waals surface area contributed by atoms with E-state index in [9.17, 15) is 9.59 Å². The molecular weight excluding hydrogens is 508 g/mol. The number of rotatable bonds is 10. The van der Waals surface area contributed by atoms with E-state index in [1.165, 1.54) is 0 Å². The number of nitrogens with zero attached hydrogens (tertiary/aromatic N) is 3. The zero-order chi connectivity index (χ0) is 28.1. The molecule has 3 N–H and O–H groups in total. The lowest BCUT2D eigenvalue weighted by atomic mass is 10.1. The molecule has 0 bridgehead atoms. The molecule has 10 heteroatoms. The van der Waals surface area contributed by atoms with Gasteiger partial charge in [0.2, 0.25) is 5.78 Å². The molecule has 1 saturated heterocycles. The summed E-state index contributed by atoms with van der Waals surface area (Å²) in [6, 6.07) is 10.8. The highest BCUT2D eigenvalue weighted by Crippen LogP contribution is 2.35. The smallest absolute Gasteiger partial charge is 0.319 e. The van der Waals surface area contributed by atoms with Crippen molar-refractivity contribution in [2.24, 2.45) is 0 Å². The standard InChI is InChI=1S/C30H38N6O4/c1-31-9-4-10-32-30(38)33-22-5-8-27-25(18-22)29(37)28(40-27)17-21-20-36(16-15-35-13-11-34(2)12-14-35)26-7-6-23(39-3)19-24(21)26/h5-8,17-20,31H,4,9-16H2,1-3H3,(H2,32,33,38)/b28-17-. The van der Waals surface area contributed by atoms with Gasteiger partial charge < -0.3 is 34.9 Å². The Bertz CT molecular complexity index is 1410. The van der Waals surface area contributed by atoms with Crippen molar-refractivity contribution in [3.8, 4) is 11.5 Å². The molecule has 10 nitrogen and oxygen atoms in total. The monoisotopic (exact) mass is 546 g/mol. The first-order valence-electron chi connectivity index (χ1n) is 13.8. The molecule has 2 amide bonds. The average Bonchev–Trinajstić information content (AvgIpc) is 3.47. The normalized spacial score (nSPS) is 16.8. The number of ether oxygens (including phenoxy) is 2. The van der Waals surface area contributed by atoms with Crippen LogP contribution in [0.15, 0.2) is 48.4 Å². The van der Waals surface area contributed by atoms with Crippen LogP contribution in [0, 0.1) is 0 Å². The van der Waals surface area contributed by atoms with Gasteiger partial charge in [-0.1, -0.05) is 0 Å². The molecule has 0 unspecified atom stereocenters. The minimum atomic E-state index is -0.309. The van der Waals surface area contributed by atoms with E-state index < -0.39 is 0 Å². The predicted octanol–water partition coefficient (Wildman–Crippen LogP) is 3.24. The molecule has 0 aliphatic carbocycles. The number of urea groups is 1. The number of nitrogens with one attached hydrogen (secondary N) is 3. The van der Waals surface area contributed by atoms with Gasteiger partial charge in [0.25, 0.3) is 0 Å². The van der Waals surface area contributed by atoms with Gasteiger partial charge in [-0.05, 0) is 69.5 Å². The average molecular weight is 547 g/mol. The Balaban J connectivity index is 1.33. The molecule has 40 heavy (non-hydrogen) atoms. The number of benzene rings is 2. The van der Waals surface area contributed by atoms with E-state index in [4.69, 9.17) is 9.47 Å². The number of amides is 2. The topological polar surface area (TPSA) is 100 Å². The highest BCUT2D eigenvalue weighted by molar-refractivity contribution is 6.15. The molecule has 0 saturated carbocycles. The van der Waals surface area contributed by atoms with Gasteiger partial charge >= 0.3 is 6.03 Å². The van der Waals surface area contributed by atoms with Crippen LogP contribution in [0.1, 0.15) is 22.3 Å². The summed E-state index contributed by atoms with van der Waals surface area (Å²) in [7, 11) is 5.69. The Kier molecular flexibility index (Phi) is 8.69. The van der Waals surface area contributed by atoms with E-state index in [1.54, 1.807) is 31.4 Å². The second-order valence-corrected chi connectivity index (χ2v) is 10.3. The summed E-state index contributed by atoms with van der Waals surface area (Å²) >= 11 is 0. The number of hydrogen-bond acceptors (Lipinski definition) is 7. The van der Waals surface area contributed by atoms with Crippen LogP contribution < -0.4 is 25.4 Å². The molecular formula is C30H38N6O4. The second kappa shape index (κ2) is 12.5. The van der Waals surface area contributed by atoms with Gasteiger partial charge in [-0.25, -0.2) is 4.79 Å². The Morgan fingerprint density at radius 1 is 1.07 bits per heavy atom. The molecule has 2 aliphatic rings. The summed E-state index contributed by atoms with van der Waals surface area (Å²) in [6.45, 7) is 7.48. The lowest BCUT2D eigenvalue weighted by molar-refractivity contribution is 0.101. The van der Waals surface area contributed by atoms with Crippen LogP contribution in [0.25, 0.3) is 17.0 Å². The zero-order valence-electron chi connectivity index (χ0n) is 23.5. The molecule has 0 spiro atoms. The molecule has 3 heterocycles. The number of aromatic nitrogens is 1. The molecule has 5 rings (SSSR count). The lowest BCUT2D eigenvalue weighted by Gasteiger charge is -2.32. The number of Topliss-reactive ketones (excluding diaryl/α,β-unsaturated/α-hetero) is 1. The van der Waals surface area contributed by atoms with Crippen LogP contribution >= 0.6 is 0 Å². The number of hydrogen-bond donors (Lipinski definition) is 3. The summed E-state index contributed by atoms with van der Waals surface area (Å²) in [4.78, 5) is 30.4. The number of piperazine rings is 1. The number of carbonyl (C=O) groups excluding carboxylic acids is 2. The van der Waals surface area contributed by atoms with E-state index in [2.05, 4.69) is 49.6 Å². The van der Waals surface area contributed by atoms with Crippen molar-refractivity contribution in [2.45, 2.75) is 13.0 Å². The van der Waals surface area contributed by atoms with Crippen molar-refractivity contribution in [2.75, 3.05) is 72.3 Å². The summed E-state index contributed by atoms with van der Waals surface area (Å²) < 4.78 is 13.7. The molecule has 1 fully saturated rings. The number of likely N-dealkylation sites (N-methyl/N-ethyl adjacent to an activating group) is 1. The lowest BCUT2D eigenvalue weighted by Crippen LogP contribution is -2.45. The highest BCUT2D eigenvalue weighted by Gasteiger charge is 2.28. The maximum atomic E-state index is 13.3. The number of allylic oxidation sites excluding steroid dienone is 1. The maximum Gasteiger partial charge on any atom is 0.319 e. The van der Waals surface area contributed by atoms with Gasteiger partial charge in [0, 0.05) is 74.2 Å². The van der Waals surface area contributed by atoms with Crippen LogP contribution in [0.3, 0.4) is 0 Å². The van der Waals surface area contributed by atoms with Crippen LogP contribution in [0.4, 0.5) is 10.5 Å². The van der Waals surface area contributed by atoms with E-state index in [0.717, 1.165) is 74.5 Å². The molecule has 0 radical (unpaired) electrons. The number of fused-ring (bicyclic) bond motifs is 2. The molecule has 2 aliphatic heterocycles. The summed E-state index contributed by atoms with van der Waals surface area (Å²) in [5.74, 6) is 1.28. The Morgan fingerprint density at radius 3 is 2.67 bits per heavy atom. The first-order valence-corrected chi connectivity index (χ1v) is 13.8. The van der Waals surface area contributed by atoms with Gasteiger partial charge in [-0.15, -0.1) is 0 Å². The Hall–Kier alpha value is -3.86. The largest absolute Gasteiger partial charge is 0.497 e. The van der Waals surface area contributed by atoms with E-state index in [0.29, 0.717) is 23.5 Å². The predicted molar refractivity (Wildman–Crippen MR) is 157 cm³/mol. The van der Waals surface area contributed by atoms with Crippen molar-refractivity contribution in [1.82, 2.24) is 25.0 Å². The highest BCUT2D eigenvalue weighted by atomic mass is 16.5. The van der Waals surface area contributed by atoms with Crippen LogP contribution in [0.5, 0.6) is 11.5 Å². The summed E-state index contributed by atoms with van der Waals surface area (Å²) in [5, 5.41) is 9.65. The van der Waals surface area contributed by atoms with Crippen molar-refractivity contribution >= 4 is 34.5 Å². The van der Waals surface area contributed by atoms with Gasteiger partial charge in [-0.2, -0.15) is 0 Å². The first kappa shape index (κ1) is 27.7. The summed E-state index contributed by atoms with van der Waals surface area (Å²) in [5.41, 5.74) is 2.93. The first-order chi connectivity index (χ1) is 19.4. The van der Waals surface area contributed by atoms with Gasteiger partial charge in [0.05, 0.1) is 12.7 Å². The zero-order valence-corrected chi connectivity index (χ0v) is 23.5.